The van der Waals surface area contributed by atoms with E-state index in [9.17, 15) is 4.79 Å². The van der Waals surface area contributed by atoms with E-state index in [-0.39, 0.29) is 5.43 Å². The van der Waals surface area contributed by atoms with Gasteiger partial charge >= 0.3 is 0 Å². The first-order chi connectivity index (χ1) is 9.36. The van der Waals surface area contributed by atoms with Gasteiger partial charge in [0.15, 0.2) is 0 Å². The van der Waals surface area contributed by atoms with Crippen LogP contribution in [-0.2, 0) is 0 Å². The number of hydrogen-bond donors (Lipinski definition) is 0. The lowest BCUT2D eigenvalue weighted by Gasteiger charge is -2.09. The van der Waals surface area contributed by atoms with Crippen molar-refractivity contribution in [1.29, 1.82) is 0 Å². The van der Waals surface area contributed by atoms with E-state index in [2.05, 4.69) is 21.2 Å². The molecule has 2 heterocycles. The second-order valence-electron chi connectivity index (χ2n) is 3.92. The second-order valence-corrected chi connectivity index (χ2v) is 7.63. The van der Waals surface area contributed by atoms with Crippen molar-refractivity contribution >= 4 is 48.3 Å². The first-order valence-electron chi connectivity index (χ1n) is 5.42. The van der Waals surface area contributed by atoms with E-state index >= 15 is 0 Å². The number of hydrogen-bond acceptors (Lipinski definition) is 6. The molecule has 0 amide bonds. The van der Waals surface area contributed by atoms with Crippen molar-refractivity contribution in [2.45, 2.75) is 4.90 Å². The van der Waals surface area contributed by atoms with Crippen molar-refractivity contribution in [3.8, 4) is 21.7 Å². The fourth-order valence-corrected chi connectivity index (χ4v) is 6.07. The lowest BCUT2D eigenvalue weighted by Crippen LogP contribution is -2.09. The molecule has 2 aliphatic heterocycles. The summed E-state index contributed by atoms with van der Waals surface area (Å²) < 4.78 is 8.50. The molecule has 0 saturated carbocycles. The summed E-state index contributed by atoms with van der Waals surface area (Å²) in [4.78, 5) is 14.2. The fraction of sp³-hybridized carbons (Fsp3) is 0. The Morgan fingerprint density at radius 3 is 2.79 bits per heavy atom. The van der Waals surface area contributed by atoms with Crippen LogP contribution in [0.15, 0.2) is 40.0 Å². The van der Waals surface area contributed by atoms with Gasteiger partial charge in [-0.05, 0) is 16.4 Å². The molecular weight excluding hydrogens is 316 g/mol. The molecule has 19 heavy (non-hydrogen) atoms. The van der Waals surface area contributed by atoms with Crippen LogP contribution in [0, 0.1) is 0 Å². The van der Waals surface area contributed by atoms with Gasteiger partial charge in [-0.3, -0.25) is 4.79 Å². The maximum absolute atomic E-state index is 12.3. The summed E-state index contributed by atoms with van der Waals surface area (Å²) in [6.45, 7) is 0. The van der Waals surface area contributed by atoms with Crippen molar-refractivity contribution in [3.05, 3.63) is 40.6 Å². The molecule has 0 aromatic heterocycles. The molecule has 1 aromatic carbocycles. The van der Waals surface area contributed by atoms with Crippen LogP contribution in [0.1, 0.15) is 0 Å². The SMILES string of the molecule is O=c1c2nssc-2c(-c2ccccc2)c2c1[N]SS2. The zero-order valence-corrected chi connectivity index (χ0v) is 12.6. The second kappa shape index (κ2) is 4.52. The zero-order chi connectivity index (χ0) is 12.8. The Bertz CT molecular complexity index is 780. The largest absolute Gasteiger partial charge is 0.285 e. The normalized spacial score (nSPS) is 13.5. The van der Waals surface area contributed by atoms with Crippen LogP contribution in [0.3, 0.4) is 0 Å². The minimum Gasteiger partial charge on any atom is -0.285 e. The third kappa shape index (κ3) is 1.73. The van der Waals surface area contributed by atoms with E-state index < -0.39 is 0 Å². The third-order valence-corrected chi connectivity index (χ3v) is 6.56. The zero-order valence-electron chi connectivity index (χ0n) is 9.32. The molecule has 1 aliphatic carbocycles. The highest BCUT2D eigenvalue weighted by Crippen LogP contribution is 2.52. The average molecular weight is 321 g/mol. The van der Waals surface area contributed by atoms with E-state index in [1.54, 1.807) is 21.1 Å². The van der Waals surface area contributed by atoms with Crippen LogP contribution in [-0.4, -0.2) is 4.37 Å². The molecule has 0 N–H and O–H groups in total. The first kappa shape index (κ1) is 11.8. The average Bonchev–Trinajstić information content (AvgIpc) is 3.09. The molecule has 93 valence electrons. The van der Waals surface area contributed by atoms with Crippen LogP contribution in [0.25, 0.3) is 21.7 Å². The van der Waals surface area contributed by atoms with Crippen molar-refractivity contribution in [2.24, 2.45) is 0 Å². The van der Waals surface area contributed by atoms with Gasteiger partial charge in [0.25, 0.3) is 0 Å². The summed E-state index contributed by atoms with van der Waals surface area (Å²) in [6, 6.07) is 10.1. The highest BCUT2D eigenvalue weighted by atomic mass is 33.1. The van der Waals surface area contributed by atoms with Gasteiger partial charge < -0.3 is 0 Å². The molecule has 0 spiro atoms. The predicted molar refractivity (Wildman–Crippen MR) is 83.6 cm³/mol. The Balaban J connectivity index is 2.14. The quantitative estimate of drug-likeness (QED) is 0.497. The Labute approximate surface area is 124 Å². The van der Waals surface area contributed by atoms with Crippen molar-refractivity contribution in [1.82, 2.24) is 9.10 Å². The molecule has 1 radical (unpaired) electrons. The molecule has 0 fully saturated rings. The molecule has 3 aliphatic rings. The van der Waals surface area contributed by atoms with Gasteiger partial charge in [0, 0.05) is 27.1 Å². The van der Waals surface area contributed by atoms with Gasteiger partial charge in [0.2, 0.25) is 5.43 Å². The molecule has 0 bridgehead atoms. The van der Waals surface area contributed by atoms with Crippen LogP contribution in [0.4, 0.5) is 5.69 Å². The Morgan fingerprint density at radius 1 is 1.11 bits per heavy atom. The highest BCUT2D eigenvalue weighted by molar-refractivity contribution is 8.76. The maximum Gasteiger partial charge on any atom is 0.234 e. The summed E-state index contributed by atoms with van der Waals surface area (Å²) in [5.74, 6) is 0. The Hall–Kier alpha value is -1.02. The molecule has 1 aromatic rings. The van der Waals surface area contributed by atoms with Gasteiger partial charge in [0.05, 0.1) is 9.77 Å². The lowest BCUT2D eigenvalue weighted by molar-refractivity contribution is 1.26. The molecule has 3 nitrogen and oxygen atoms in total. The predicted octanol–water partition coefficient (Wildman–Crippen LogP) is 4.24. The standard InChI is InChI=1S/C12H5N2OS4/c15-10-8-11(16-18-13-8)7(6-4-2-1-3-5-6)12-9(10)14-19-17-12/h1-5H. The van der Waals surface area contributed by atoms with E-state index in [1.165, 1.54) is 21.5 Å². The van der Waals surface area contributed by atoms with E-state index in [1.807, 2.05) is 18.2 Å². The summed E-state index contributed by atoms with van der Waals surface area (Å²) in [7, 11) is 5.83. The summed E-state index contributed by atoms with van der Waals surface area (Å²) in [5.41, 5.74) is 3.28. The Kier molecular flexibility index (Phi) is 2.80. The molecule has 0 atom stereocenters. The van der Waals surface area contributed by atoms with Crippen molar-refractivity contribution in [2.75, 3.05) is 0 Å². The van der Waals surface area contributed by atoms with E-state index in [0.29, 0.717) is 11.4 Å². The molecule has 0 saturated heterocycles. The van der Waals surface area contributed by atoms with Crippen LogP contribution < -0.4 is 10.2 Å². The topological polar surface area (TPSA) is 44.1 Å². The maximum atomic E-state index is 12.3. The molecular formula is C12H5N2OS4. The highest BCUT2D eigenvalue weighted by Gasteiger charge is 2.30. The van der Waals surface area contributed by atoms with Gasteiger partial charge in [-0.2, -0.15) is 9.10 Å². The molecule has 4 rings (SSSR count). The van der Waals surface area contributed by atoms with Gasteiger partial charge in [-0.25, -0.2) is 0 Å². The van der Waals surface area contributed by atoms with Gasteiger partial charge in [-0.1, -0.05) is 40.7 Å². The number of nitrogens with zero attached hydrogens (tertiary/aromatic N) is 2. The van der Waals surface area contributed by atoms with Gasteiger partial charge in [0.1, 0.15) is 11.4 Å². The minimum atomic E-state index is -0.0420. The summed E-state index contributed by atoms with van der Waals surface area (Å²) in [6.07, 6.45) is 0. The van der Waals surface area contributed by atoms with Gasteiger partial charge in [-0.15, -0.1) is 0 Å². The number of fused-ring (bicyclic) bond motifs is 2. The number of benzene rings is 2. The lowest BCUT2D eigenvalue weighted by atomic mass is 10.0. The van der Waals surface area contributed by atoms with E-state index in [4.69, 9.17) is 0 Å². The molecule has 7 heteroatoms. The van der Waals surface area contributed by atoms with Crippen LogP contribution in [0.5, 0.6) is 0 Å². The fourth-order valence-electron chi connectivity index (χ4n) is 2.04. The summed E-state index contributed by atoms with van der Waals surface area (Å²) >= 11 is 0. The smallest absolute Gasteiger partial charge is 0.234 e. The number of aromatic nitrogens is 1. The third-order valence-electron chi connectivity index (χ3n) is 2.88. The van der Waals surface area contributed by atoms with E-state index in [0.717, 1.165) is 20.9 Å². The van der Waals surface area contributed by atoms with Crippen LogP contribution >= 0.6 is 42.7 Å². The molecule has 0 unspecified atom stereocenters. The van der Waals surface area contributed by atoms with Crippen LogP contribution in [0.2, 0.25) is 0 Å². The summed E-state index contributed by atoms with van der Waals surface area (Å²) in [5, 5.41) is 0. The number of rotatable bonds is 1. The monoisotopic (exact) mass is 321 g/mol. The minimum absolute atomic E-state index is 0.0420. The first-order valence-corrected chi connectivity index (χ1v) is 9.63. The van der Waals surface area contributed by atoms with Crippen molar-refractivity contribution in [3.63, 3.8) is 0 Å². The van der Waals surface area contributed by atoms with Crippen molar-refractivity contribution < 1.29 is 0 Å². The Morgan fingerprint density at radius 2 is 1.95 bits per heavy atom.